The Hall–Kier alpha value is -1.42. The van der Waals surface area contributed by atoms with E-state index < -0.39 is 0 Å². The SMILES string of the molecule is CC[C@H](N[C@@H]1CCC(=O)N(C)C1)c1ccccc1F. The van der Waals surface area contributed by atoms with Gasteiger partial charge in [-0.25, -0.2) is 4.39 Å². The van der Waals surface area contributed by atoms with Gasteiger partial charge in [0.25, 0.3) is 0 Å². The van der Waals surface area contributed by atoms with E-state index in [-0.39, 0.29) is 23.8 Å². The number of nitrogens with one attached hydrogen (secondary N) is 1. The molecule has 0 radical (unpaired) electrons. The fourth-order valence-corrected chi connectivity index (χ4v) is 2.62. The van der Waals surface area contributed by atoms with Gasteiger partial charge in [-0.05, 0) is 18.9 Å². The molecule has 0 bridgehead atoms. The Kier molecular flexibility index (Phi) is 4.53. The summed E-state index contributed by atoms with van der Waals surface area (Å²) in [5.74, 6) is 0.0269. The maximum absolute atomic E-state index is 13.8. The second kappa shape index (κ2) is 6.15. The molecule has 1 heterocycles. The first-order chi connectivity index (χ1) is 9.11. The molecule has 0 spiro atoms. The van der Waals surface area contributed by atoms with Gasteiger partial charge in [0, 0.05) is 37.7 Å². The fourth-order valence-electron chi connectivity index (χ4n) is 2.62. The quantitative estimate of drug-likeness (QED) is 0.906. The van der Waals surface area contributed by atoms with Crippen molar-refractivity contribution in [2.24, 2.45) is 0 Å². The second-order valence-electron chi connectivity index (χ2n) is 5.16. The summed E-state index contributed by atoms with van der Waals surface area (Å²) in [7, 11) is 1.82. The van der Waals surface area contributed by atoms with Crippen LogP contribution in [0.1, 0.15) is 37.8 Å². The normalized spacial score (nSPS) is 21.5. The van der Waals surface area contributed by atoms with Gasteiger partial charge in [-0.1, -0.05) is 25.1 Å². The molecule has 104 valence electrons. The fraction of sp³-hybridized carbons (Fsp3) is 0.533. The lowest BCUT2D eigenvalue weighted by Crippen LogP contribution is -2.47. The van der Waals surface area contributed by atoms with Gasteiger partial charge >= 0.3 is 0 Å². The second-order valence-corrected chi connectivity index (χ2v) is 5.16. The highest BCUT2D eigenvalue weighted by atomic mass is 19.1. The Morgan fingerprint density at radius 3 is 2.84 bits per heavy atom. The van der Waals surface area contributed by atoms with Gasteiger partial charge in [0.2, 0.25) is 5.91 Å². The van der Waals surface area contributed by atoms with Crippen LogP contribution < -0.4 is 5.32 Å². The van der Waals surface area contributed by atoms with Gasteiger partial charge in [-0.15, -0.1) is 0 Å². The molecule has 1 N–H and O–H groups in total. The zero-order chi connectivity index (χ0) is 13.8. The van der Waals surface area contributed by atoms with E-state index in [2.05, 4.69) is 5.32 Å². The number of carbonyl (C=O) groups is 1. The van der Waals surface area contributed by atoms with Gasteiger partial charge in [-0.2, -0.15) is 0 Å². The summed E-state index contributed by atoms with van der Waals surface area (Å²) in [6.45, 7) is 2.74. The average molecular weight is 264 g/mol. The smallest absolute Gasteiger partial charge is 0.222 e. The van der Waals surface area contributed by atoms with E-state index in [9.17, 15) is 9.18 Å². The van der Waals surface area contributed by atoms with E-state index in [4.69, 9.17) is 0 Å². The predicted molar refractivity (Wildman–Crippen MR) is 73.2 cm³/mol. The molecule has 2 atom stereocenters. The molecule has 1 saturated heterocycles. The molecule has 1 amide bonds. The van der Waals surface area contributed by atoms with Crippen molar-refractivity contribution in [3.05, 3.63) is 35.6 Å². The van der Waals surface area contributed by atoms with Crippen LogP contribution in [0.2, 0.25) is 0 Å². The number of likely N-dealkylation sites (tertiary alicyclic amines) is 1. The summed E-state index contributed by atoms with van der Waals surface area (Å²) in [6.07, 6.45) is 2.23. The summed E-state index contributed by atoms with van der Waals surface area (Å²) >= 11 is 0. The molecular formula is C15H21FN2O. The molecule has 1 aliphatic heterocycles. The molecule has 1 aromatic carbocycles. The summed E-state index contributed by atoms with van der Waals surface area (Å²) < 4.78 is 13.8. The molecule has 19 heavy (non-hydrogen) atoms. The van der Waals surface area contributed by atoms with Crippen LogP contribution in [0, 0.1) is 5.82 Å². The van der Waals surface area contributed by atoms with Crippen LogP contribution in [0.5, 0.6) is 0 Å². The summed E-state index contributed by atoms with van der Waals surface area (Å²) in [5.41, 5.74) is 0.713. The Balaban J connectivity index is 2.04. The third-order valence-corrected chi connectivity index (χ3v) is 3.75. The first-order valence-corrected chi connectivity index (χ1v) is 6.86. The molecule has 0 saturated carbocycles. The third kappa shape index (κ3) is 3.32. The Labute approximate surface area is 113 Å². The molecule has 2 rings (SSSR count). The van der Waals surface area contributed by atoms with Gasteiger partial charge in [0.1, 0.15) is 5.82 Å². The number of piperidine rings is 1. The minimum absolute atomic E-state index is 0.00722. The van der Waals surface area contributed by atoms with Gasteiger partial charge in [-0.3, -0.25) is 4.79 Å². The van der Waals surface area contributed by atoms with Gasteiger partial charge in [0.15, 0.2) is 0 Å². The minimum atomic E-state index is -0.165. The van der Waals surface area contributed by atoms with E-state index >= 15 is 0 Å². The van der Waals surface area contributed by atoms with Gasteiger partial charge in [0.05, 0.1) is 0 Å². The van der Waals surface area contributed by atoms with Crippen molar-refractivity contribution in [1.82, 2.24) is 10.2 Å². The molecular weight excluding hydrogens is 243 g/mol. The van der Waals surface area contributed by atoms with Crippen LogP contribution in [0.3, 0.4) is 0 Å². The van der Waals surface area contributed by atoms with Crippen molar-refractivity contribution in [3.63, 3.8) is 0 Å². The van der Waals surface area contributed by atoms with E-state index in [0.29, 0.717) is 18.5 Å². The number of halogens is 1. The van der Waals surface area contributed by atoms with E-state index in [0.717, 1.165) is 12.8 Å². The van der Waals surface area contributed by atoms with E-state index in [1.807, 2.05) is 26.1 Å². The zero-order valence-corrected chi connectivity index (χ0v) is 11.5. The van der Waals surface area contributed by atoms with Crippen molar-refractivity contribution in [3.8, 4) is 0 Å². The minimum Gasteiger partial charge on any atom is -0.344 e. The van der Waals surface area contributed by atoms with Crippen LogP contribution in [-0.2, 0) is 4.79 Å². The molecule has 1 fully saturated rings. The first-order valence-electron chi connectivity index (χ1n) is 6.86. The third-order valence-electron chi connectivity index (χ3n) is 3.75. The lowest BCUT2D eigenvalue weighted by atomic mass is 9.99. The van der Waals surface area contributed by atoms with Crippen molar-refractivity contribution in [2.75, 3.05) is 13.6 Å². The van der Waals surface area contributed by atoms with Crippen molar-refractivity contribution in [1.29, 1.82) is 0 Å². The average Bonchev–Trinajstić information content (AvgIpc) is 2.41. The first kappa shape index (κ1) is 14.0. The standard InChI is InChI=1S/C15H21FN2O/c1-3-14(12-6-4-5-7-13(12)16)17-11-8-9-15(19)18(2)10-11/h4-7,11,14,17H,3,8-10H2,1-2H3/t11-,14+/m1/s1. The number of likely N-dealkylation sites (N-methyl/N-ethyl adjacent to an activating group) is 1. The Morgan fingerprint density at radius 1 is 1.47 bits per heavy atom. The maximum Gasteiger partial charge on any atom is 0.222 e. The zero-order valence-electron chi connectivity index (χ0n) is 11.5. The number of carbonyl (C=O) groups excluding carboxylic acids is 1. The number of benzene rings is 1. The largest absolute Gasteiger partial charge is 0.344 e. The number of hydrogen-bond acceptors (Lipinski definition) is 2. The topological polar surface area (TPSA) is 32.3 Å². The molecule has 0 aromatic heterocycles. The Bertz CT molecular complexity index is 450. The monoisotopic (exact) mass is 264 g/mol. The molecule has 1 aromatic rings. The number of nitrogens with zero attached hydrogens (tertiary/aromatic N) is 1. The molecule has 3 nitrogen and oxygen atoms in total. The Morgan fingerprint density at radius 2 is 2.21 bits per heavy atom. The lowest BCUT2D eigenvalue weighted by Gasteiger charge is -2.33. The number of rotatable bonds is 4. The summed E-state index contributed by atoms with van der Waals surface area (Å²) in [4.78, 5) is 13.2. The number of hydrogen-bond donors (Lipinski definition) is 1. The molecule has 1 aliphatic rings. The summed E-state index contributed by atoms with van der Waals surface area (Å²) in [5, 5.41) is 3.48. The van der Waals surface area contributed by atoms with Crippen LogP contribution in [0.15, 0.2) is 24.3 Å². The van der Waals surface area contributed by atoms with Crippen molar-refractivity contribution >= 4 is 5.91 Å². The summed E-state index contributed by atoms with van der Waals surface area (Å²) in [6, 6.07) is 7.14. The predicted octanol–water partition coefficient (Wildman–Crippen LogP) is 2.49. The molecule has 4 heteroatoms. The van der Waals surface area contributed by atoms with Crippen molar-refractivity contribution in [2.45, 2.75) is 38.3 Å². The number of amides is 1. The van der Waals surface area contributed by atoms with Crippen LogP contribution in [-0.4, -0.2) is 30.4 Å². The van der Waals surface area contributed by atoms with Crippen LogP contribution in [0.4, 0.5) is 4.39 Å². The van der Waals surface area contributed by atoms with Crippen LogP contribution >= 0.6 is 0 Å². The highest BCUT2D eigenvalue weighted by Crippen LogP contribution is 2.22. The lowest BCUT2D eigenvalue weighted by molar-refractivity contribution is -0.132. The molecule has 0 unspecified atom stereocenters. The van der Waals surface area contributed by atoms with Crippen LogP contribution in [0.25, 0.3) is 0 Å². The molecule has 0 aliphatic carbocycles. The maximum atomic E-state index is 13.8. The van der Waals surface area contributed by atoms with E-state index in [1.54, 1.807) is 11.0 Å². The van der Waals surface area contributed by atoms with Gasteiger partial charge < -0.3 is 10.2 Å². The van der Waals surface area contributed by atoms with E-state index in [1.165, 1.54) is 6.07 Å². The highest BCUT2D eigenvalue weighted by Gasteiger charge is 2.25. The highest BCUT2D eigenvalue weighted by molar-refractivity contribution is 5.76. The van der Waals surface area contributed by atoms with Crippen molar-refractivity contribution < 1.29 is 9.18 Å².